The van der Waals surface area contributed by atoms with Crippen molar-refractivity contribution in [3.05, 3.63) is 63.8 Å². The highest BCUT2D eigenvalue weighted by Crippen LogP contribution is 2.34. The van der Waals surface area contributed by atoms with Gasteiger partial charge >= 0.3 is 0 Å². The lowest BCUT2D eigenvalue weighted by atomic mass is 9.84. The van der Waals surface area contributed by atoms with Crippen molar-refractivity contribution in [2.45, 2.75) is 25.4 Å². The highest BCUT2D eigenvalue weighted by molar-refractivity contribution is 5.61. The predicted molar refractivity (Wildman–Crippen MR) is 103 cm³/mol. The Labute approximate surface area is 165 Å². The van der Waals surface area contributed by atoms with Crippen molar-refractivity contribution >= 4 is 5.82 Å². The first-order valence-electron chi connectivity index (χ1n) is 9.30. The van der Waals surface area contributed by atoms with E-state index in [1.54, 1.807) is 15.8 Å². The first-order chi connectivity index (χ1) is 13.8. The van der Waals surface area contributed by atoms with E-state index in [-0.39, 0.29) is 24.2 Å². The maximum absolute atomic E-state index is 13.6. The van der Waals surface area contributed by atoms with Gasteiger partial charge in [0.1, 0.15) is 0 Å². The minimum absolute atomic E-state index is 0.259. The number of aliphatic hydroxyl groups is 1. The van der Waals surface area contributed by atoms with Crippen molar-refractivity contribution in [2.75, 3.05) is 18.0 Å². The molecule has 0 spiro atoms. The molecular weight excluding hydrogens is 380 g/mol. The summed E-state index contributed by atoms with van der Waals surface area (Å²) < 4.78 is 28.5. The van der Waals surface area contributed by atoms with Crippen LogP contribution in [0.3, 0.4) is 0 Å². The number of aromatic amines is 1. The molecule has 0 amide bonds. The Morgan fingerprint density at radius 2 is 1.93 bits per heavy atom. The van der Waals surface area contributed by atoms with Gasteiger partial charge in [0.05, 0.1) is 17.0 Å². The van der Waals surface area contributed by atoms with Crippen LogP contribution in [0.15, 0.2) is 35.4 Å². The smallest absolute Gasteiger partial charge is 0.290 e. The standard InChI is InChI=1S/C20H21F2N5O2/c1-12-14(11-26(2)25-12)17-10-23-19(28)18(24-17)27-7-5-20(29,6-8-27)13-3-4-15(21)16(22)9-13/h3-4,9-11,29H,5-8H2,1-2H3,(H,23,28). The number of nitrogens with zero attached hydrogens (tertiary/aromatic N) is 4. The number of nitrogens with one attached hydrogen (secondary N) is 1. The molecule has 152 valence electrons. The number of H-pyrrole nitrogens is 1. The van der Waals surface area contributed by atoms with Gasteiger partial charge < -0.3 is 15.0 Å². The van der Waals surface area contributed by atoms with Crippen molar-refractivity contribution in [2.24, 2.45) is 7.05 Å². The number of anilines is 1. The zero-order valence-corrected chi connectivity index (χ0v) is 16.1. The van der Waals surface area contributed by atoms with E-state index < -0.39 is 17.2 Å². The first-order valence-corrected chi connectivity index (χ1v) is 9.30. The van der Waals surface area contributed by atoms with Crippen LogP contribution in [0.25, 0.3) is 11.3 Å². The van der Waals surface area contributed by atoms with Crippen molar-refractivity contribution in [1.29, 1.82) is 0 Å². The molecule has 1 aliphatic heterocycles. The number of piperidine rings is 1. The maximum Gasteiger partial charge on any atom is 0.290 e. The Morgan fingerprint density at radius 3 is 2.55 bits per heavy atom. The van der Waals surface area contributed by atoms with E-state index in [0.29, 0.717) is 24.3 Å². The molecule has 1 aliphatic rings. The van der Waals surface area contributed by atoms with Gasteiger partial charge in [-0.25, -0.2) is 13.8 Å². The van der Waals surface area contributed by atoms with E-state index >= 15 is 0 Å². The van der Waals surface area contributed by atoms with Gasteiger partial charge in [-0.2, -0.15) is 5.10 Å². The second kappa shape index (κ2) is 7.07. The number of aromatic nitrogens is 4. The third-order valence-electron chi connectivity index (χ3n) is 5.41. The van der Waals surface area contributed by atoms with Crippen LogP contribution in [0.2, 0.25) is 0 Å². The van der Waals surface area contributed by atoms with Crippen LogP contribution in [-0.4, -0.2) is 37.9 Å². The molecule has 1 fully saturated rings. The summed E-state index contributed by atoms with van der Waals surface area (Å²) in [6, 6.07) is 3.44. The SMILES string of the molecule is Cc1nn(C)cc1-c1c[nH]c(=O)c(N2CCC(O)(c3ccc(F)c(F)c3)CC2)n1. The lowest BCUT2D eigenvalue weighted by molar-refractivity contribution is 0.0112. The number of hydrogen-bond acceptors (Lipinski definition) is 5. The Hall–Kier alpha value is -3.07. The molecule has 4 rings (SSSR count). The summed E-state index contributed by atoms with van der Waals surface area (Å²) in [6.07, 6.45) is 3.90. The van der Waals surface area contributed by atoms with Crippen LogP contribution in [0.5, 0.6) is 0 Å². The Balaban J connectivity index is 1.58. The number of rotatable bonds is 3. The molecule has 2 N–H and O–H groups in total. The Kier molecular flexibility index (Phi) is 4.70. The molecule has 7 nitrogen and oxygen atoms in total. The van der Waals surface area contributed by atoms with Crippen molar-refractivity contribution < 1.29 is 13.9 Å². The van der Waals surface area contributed by atoms with Gasteiger partial charge in [0.15, 0.2) is 17.5 Å². The molecule has 0 saturated carbocycles. The topological polar surface area (TPSA) is 87.0 Å². The summed E-state index contributed by atoms with van der Waals surface area (Å²) in [5.41, 5.74) is 0.942. The lowest BCUT2D eigenvalue weighted by Gasteiger charge is -2.38. The molecule has 3 heterocycles. The minimum atomic E-state index is -1.28. The largest absolute Gasteiger partial charge is 0.385 e. The van der Waals surface area contributed by atoms with Crippen molar-refractivity contribution in [1.82, 2.24) is 19.7 Å². The summed E-state index contributed by atoms with van der Waals surface area (Å²) in [7, 11) is 1.81. The number of aryl methyl sites for hydroxylation is 2. The second-order valence-electron chi connectivity index (χ2n) is 7.39. The zero-order valence-electron chi connectivity index (χ0n) is 16.1. The highest BCUT2D eigenvalue weighted by Gasteiger charge is 2.35. The molecule has 0 unspecified atom stereocenters. The van der Waals surface area contributed by atoms with Crippen LogP contribution in [0.1, 0.15) is 24.1 Å². The fraction of sp³-hybridized carbons (Fsp3) is 0.350. The van der Waals surface area contributed by atoms with Crippen LogP contribution >= 0.6 is 0 Å². The summed E-state index contributed by atoms with van der Waals surface area (Å²) in [5, 5.41) is 15.2. The van der Waals surface area contributed by atoms with E-state index in [9.17, 15) is 18.7 Å². The van der Waals surface area contributed by atoms with Crippen molar-refractivity contribution in [3.63, 3.8) is 0 Å². The number of halogens is 2. The van der Waals surface area contributed by atoms with Crippen LogP contribution in [0, 0.1) is 18.6 Å². The summed E-state index contributed by atoms with van der Waals surface area (Å²) >= 11 is 0. The van der Waals surface area contributed by atoms with E-state index in [2.05, 4.69) is 15.1 Å². The Morgan fingerprint density at radius 1 is 1.21 bits per heavy atom. The van der Waals surface area contributed by atoms with E-state index in [1.165, 1.54) is 6.07 Å². The molecule has 9 heteroatoms. The van der Waals surface area contributed by atoms with E-state index in [0.717, 1.165) is 23.4 Å². The fourth-order valence-electron chi connectivity index (χ4n) is 3.76. The van der Waals surface area contributed by atoms with Gasteiger partial charge in [-0.15, -0.1) is 0 Å². The molecule has 0 bridgehead atoms. The lowest BCUT2D eigenvalue weighted by Crippen LogP contribution is -2.44. The molecule has 0 radical (unpaired) electrons. The third kappa shape index (κ3) is 3.53. The van der Waals surface area contributed by atoms with Crippen LogP contribution < -0.4 is 10.5 Å². The van der Waals surface area contributed by atoms with Crippen LogP contribution in [-0.2, 0) is 12.6 Å². The third-order valence-corrected chi connectivity index (χ3v) is 5.41. The van der Waals surface area contributed by atoms with Gasteiger partial charge in [0.25, 0.3) is 5.56 Å². The first kappa shape index (κ1) is 19.3. The summed E-state index contributed by atoms with van der Waals surface area (Å²) in [4.78, 5) is 21.4. The molecule has 1 aromatic carbocycles. The average Bonchev–Trinajstić information content (AvgIpc) is 3.03. The van der Waals surface area contributed by atoms with Gasteiger partial charge in [0, 0.05) is 38.1 Å². The summed E-state index contributed by atoms with van der Waals surface area (Å²) in [5.74, 6) is -1.68. The summed E-state index contributed by atoms with van der Waals surface area (Å²) in [6.45, 7) is 2.56. The maximum atomic E-state index is 13.6. The van der Waals surface area contributed by atoms with Crippen molar-refractivity contribution in [3.8, 4) is 11.3 Å². The van der Waals surface area contributed by atoms with Gasteiger partial charge in [-0.1, -0.05) is 6.07 Å². The fourth-order valence-corrected chi connectivity index (χ4v) is 3.76. The molecule has 0 aliphatic carbocycles. The minimum Gasteiger partial charge on any atom is -0.385 e. The molecule has 29 heavy (non-hydrogen) atoms. The predicted octanol–water partition coefficient (Wildman–Crippen LogP) is 2.25. The molecule has 0 atom stereocenters. The number of benzene rings is 1. The quantitative estimate of drug-likeness (QED) is 0.703. The average molecular weight is 401 g/mol. The van der Waals surface area contributed by atoms with Gasteiger partial charge in [-0.3, -0.25) is 9.48 Å². The zero-order chi connectivity index (χ0) is 20.8. The Bertz CT molecular complexity index is 1120. The highest BCUT2D eigenvalue weighted by atomic mass is 19.2. The second-order valence-corrected chi connectivity index (χ2v) is 7.39. The van der Waals surface area contributed by atoms with E-state index in [4.69, 9.17) is 0 Å². The van der Waals surface area contributed by atoms with E-state index in [1.807, 2.05) is 20.2 Å². The van der Waals surface area contributed by atoms with Gasteiger partial charge in [0.2, 0.25) is 0 Å². The van der Waals surface area contributed by atoms with Gasteiger partial charge in [-0.05, 0) is 37.5 Å². The molecule has 1 saturated heterocycles. The normalized spacial score (nSPS) is 16.2. The van der Waals surface area contributed by atoms with Crippen LogP contribution in [0.4, 0.5) is 14.6 Å². The monoisotopic (exact) mass is 401 g/mol. The molecule has 2 aromatic heterocycles. The number of hydrogen-bond donors (Lipinski definition) is 2. The molecular formula is C20H21F2N5O2. The molecule has 3 aromatic rings.